The number of aromatic nitrogens is 2. The minimum absolute atomic E-state index is 0.670. The van der Waals surface area contributed by atoms with Gasteiger partial charge in [0.2, 0.25) is 6.41 Å². The van der Waals surface area contributed by atoms with Crippen molar-refractivity contribution in [3.63, 3.8) is 0 Å². The molecule has 1 aromatic heterocycles. The van der Waals surface area contributed by atoms with Gasteiger partial charge in [0.15, 0.2) is 0 Å². The molecule has 0 unspecified atom stereocenters. The maximum atomic E-state index is 9.80. The van der Waals surface area contributed by atoms with Crippen LogP contribution in [0.4, 0.5) is 0 Å². The van der Waals surface area contributed by atoms with Gasteiger partial charge >= 0.3 is 0 Å². The minimum Gasteiger partial charge on any atom is -0.358 e. The Morgan fingerprint density at radius 3 is 3.30 bits per heavy atom. The molecule has 0 fully saturated rings. The minimum atomic E-state index is 0.670. The van der Waals surface area contributed by atoms with E-state index in [2.05, 4.69) is 15.5 Å². The highest BCUT2D eigenvalue weighted by Gasteiger charge is 1.90. The first-order chi connectivity index (χ1) is 4.93. The Bertz CT molecular complexity index is 183. The lowest BCUT2D eigenvalue weighted by molar-refractivity contribution is -0.109. The van der Waals surface area contributed by atoms with Crippen molar-refractivity contribution in [3.8, 4) is 0 Å². The molecule has 4 nitrogen and oxygen atoms in total. The van der Waals surface area contributed by atoms with Crippen molar-refractivity contribution in [1.82, 2.24) is 15.5 Å². The van der Waals surface area contributed by atoms with Crippen molar-refractivity contribution in [3.05, 3.63) is 18.0 Å². The molecule has 0 radical (unpaired) electrons. The SMILES string of the molecule is O=CNCCc1cn[nH]c1. The third-order valence-corrected chi connectivity index (χ3v) is 1.20. The molecule has 0 aromatic carbocycles. The second-order valence-corrected chi connectivity index (χ2v) is 1.93. The van der Waals surface area contributed by atoms with Crippen LogP contribution in [0.3, 0.4) is 0 Å². The molecule has 4 heteroatoms. The predicted molar refractivity (Wildman–Crippen MR) is 36.4 cm³/mol. The molecule has 0 saturated heterocycles. The number of nitrogens with one attached hydrogen (secondary N) is 2. The Morgan fingerprint density at radius 1 is 1.80 bits per heavy atom. The molecule has 1 aromatic rings. The van der Waals surface area contributed by atoms with E-state index in [4.69, 9.17) is 0 Å². The van der Waals surface area contributed by atoms with E-state index in [-0.39, 0.29) is 0 Å². The van der Waals surface area contributed by atoms with Gasteiger partial charge < -0.3 is 5.32 Å². The summed E-state index contributed by atoms with van der Waals surface area (Å²) in [6.45, 7) is 0.670. The lowest BCUT2D eigenvalue weighted by Crippen LogP contribution is -2.13. The third-order valence-electron chi connectivity index (χ3n) is 1.20. The van der Waals surface area contributed by atoms with E-state index in [0.29, 0.717) is 13.0 Å². The lowest BCUT2D eigenvalue weighted by atomic mass is 10.3. The lowest BCUT2D eigenvalue weighted by Gasteiger charge is -1.92. The summed E-state index contributed by atoms with van der Waals surface area (Å²) in [6, 6.07) is 0. The van der Waals surface area contributed by atoms with Crippen molar-refractivity contribution < 1.29 is 4.79 Å². The largest absolute Gasteiger partial charge is 0.358 e. The molecule has 10 heavy (non-hydrogen) atoms. The monoisotopic (exact) mass is 139 g/mol. The normalized spacial score (nSPS) is 9.20. The fourth-order valence-corrected chi connectivity index (χ4v) is 0.690. The number of hydrogen-bond acceptors (Lipinski definition) is 2. The number of nitrogens with zero attached hydrogens (tertiary/aromatic N) is 1. The van der Waals surface area contributed by atoms with Gasteiger partial charge in [-0.2, -0.15) is 5.10 Å². The van der Waals surface area contributed by atoms with Crippen LogP contribution in [0.2, 0.25) is 0 Å². The quantitative estimate of drug-likeness (QED) is 0.444. The van der Waals surface area contributed by atoms with E-state index in [1.165, 1.54) is 0 Å². The van der Waals surface area contributed by atoms with Crippen LogP contribution in [0, 0.1) is 0 Å². The van der Waals surface area contributed by atoms with Gasteiger partial charge in [0.1, 0.15) is 0 Å². The summed E-state index contributed by atoms with van der Waals surface area (Å²) in [4.78, 5) is 9.80. The maximum absolute atomic E-state index is 9.80. The summed E-state index contributed by atoms with van der Waals surface area (Å²) < 4.78 is 0. The number of H-pyrrole nitrogens is 1. The van der Waals surface area contributed by atoms with Gasteiger partial charge in [-0.15, -0.1) is 0 Å². The smallest absolute Gasteiger partial charge is 0.207 e. The number of rotatable bonds is 4. The summed E-state index contributed by atoms with van der Waals surface area (Å²) >= 11 is 0. The number of aromatic amines is 1. The summed E-state index contributed by atoms with van der Waals surface area (Å²) in [7, 11) is 0. The highest BCUT2D eigenvalue weighted by atomic mass is 16.1. The molecule has 0 aliphatic carbocycles. The molecule has 1 heterocycles. The van der Waals surface area contributed by atoms with Crippen LogP contribution >= 0.6 is 0 Å². The zero-order chi connectivity index (χ0) is 7.23. The Hall–Kier alpha value is -1.32. The van der Waals surface area contributed by atoms with E-state index in [0.717, 1.165) is 12.0 Å². The van der Waals surface area contributed by atoms with Gasteiger partial charge in [0.25, 0.3) is 0 Å². The highest BCUT2D eigenvalue weighted by molar-refractivity contribution is 5.45. The zero-order valence-corrected chi connectivity index (χ0v) is 5.50. The fraction of sp³-hybridized carbons (Fsp3) is 0.333. The van der Waals surface area contributed by atoms with Gasteiger partial charge in [-0.25, -0.2) is 0 Å². The average Bonchev–Trinajstić information content (AvgIpc) is 2.41. The molecular formula is C6H9N3O. The molecular weight excluding hydrogens is 130 g/mol. The molecule has 1 amide bonds. The molecule has 2 N–H and O–H groups in total. The standard InChI is InChI=1S/C6H9N3O/c10-5-7-2-1-6-3-8-9-4-6/h3-5H,1-2H2,(H,7,10)(H,8,9). The van der Waals surface area contributed by atoms with E-state index < -0.39 is 0 Å². The summed E-state index contributed by atoms with van der Waals surface area (Å²) in [5, 5.41) is 9.01. The zero-order valence-electron chi connectivity index (χ0n) is 5.50. The second kappa shape index (κ2) is 3.66. The average molecular weight is 139 g/mol. The van der Waals surface area contributed by atoms with Crippen LogP contribution in [-0.2, 0) is 11.2 Å². The van der Waals surface area contributed by atoms with Gasteiger partial charge in [-0.1, -0.05) is 0 Å². The second-order valence-electron chi connectivity index (χ2n) is 1.93. The molecule has 0 spiro atoms. The Labute approximate surface area is 58.6 Å². The van der Waals surface area contributed by atoms with Crippen LogP contribution in [0.1, 0.15) is 5.56 Å². The van der Waals surface area contributed by atoms with Gasteiger partial charge in [-0.05, 0) is 12.0 Å². The number of hydrogen-bond donors (Lipinski definition) is 2. The Balaban J connectivity index is 2.21. The van der Waals surface area contributed by atoms with Gasteiger partial charge in [-0.3, -0.25) is 9.89 Å². The van der Waals surface area contributed by atoms with Crippen LogP contribution in [0.25, 0.3) is 0 Å². The Morgan fingerprint density at radius 2 is 2.70 bits per heavy atom. The van der Waals surface area contributed by atoms with Crippen molar-refractivity contribution in [1.29, 1.82) is 0 Å². The molecule has 1 rings (SSSR count). The third kappa shape index (κ3) is 1.89. The molecule has 0 bridgehead atoms. The summed E-state index contributed by atoms with van der Waals surface area (Å²) in [5.74, 6) is 0. The highest BCUT2D eigenvalue weighted by Crippen LogP contribution is 1.92. The van der Waals surface area contributed by atoms with E-state index in [1.54, 1.807) is 6.20 Å². The number of carbonyl (C=O) groups is 1. The maximum Gasteiger partial charge on any atom is 0.207 e. The van der Waals surface area contributed by atoms with Crippen molar-refractivity contribution in [2.24, 2.45) is 0 Å². The molecule has 0 atom stereocenters. The topological polar surface area (TPSA) is 57.8 Å². The molecule has 54 valence electrons. The van der Waals surface area contributed by atoms with Gasteiger partial charge in [0.05, 0.1) is 6.20 Å². The summed E-state index contributed by atoms with van der Waals surface area (Å²) in [5.41, 5.74) is 1.11. The predicted octanol–water partition coefficient (Wildman–Crippen LogP) is -0.302. The number of amides is 1. The molecule has 0 aliphatic rings. The first-order valence-electron chi connectivity index (χ1n) is 3.08. The van der Waals surface area contributed by atoms with Crippen molar-refractivity contribution in [2.45, 2.75) is 6.42 Å². The van der Waals surface area contributed by atoms with E-state index >= 15 is 0 Å². The first kappa shape index (κ1) is 6.80. The first-order valence-corrected chi connectivity index (χ1v) is 3.08. The van der Waals surface area contributed by atoms with Crippen molar-refractivity contribution in [2.75, 3.05) is 6.54 Å². The van der Waals surface area contributed by atoms with Crippen LogP contribution in [0.15, 0.2) is 12.4 Å². The Kier molecular flexibility index (Phi) is 2.49. The summed E-state index contributed by atoms with van der Waals surface area (Å²) in [6.07, 6.45) is 5.08. The molecule has 0 saturated carbocycles. The molecule has 0 aliphatic heterocycles. The van der Waals surface area contributed by atoms with Crippen LogP contribution in [0.5, 0.6) is 0 Å². The fourth-order valence-electron chi connectivity index (χ4n) is 0.690. The van der Waals surface area contributed by atoms with Crippen molar-refractivity contribution >= 4 is 6.41 Å². The van der Waals surface area contributed by atoms with Crippen LogP contribution < -0.4 is 5.32 Å². The van der Waals surface area contributed by atoms with Crippen LogP contribution in [-0.4, -0.2) is 23.2 Å². The van der Waals surface area contributed by atoms with E-state index in [1.807, 2.05) is 6.20 Å². The van der Waals surface area contributed by atoms with Gasteiger partial charge in [0, 0.05) is 12.7 Å². The van der Waals surface area contributed by atoms with E-state index in [9.17, 15) is 4.79 Å². The number of carbonyl (C=O) groups excluding carboxylic acids is 1.